The first-order chi connectivity index (χ1) is 21.1. The molecule has 4 aromatic carbocycles. The van der Waals surface area contributed by atoms with Crippen LogP contribution in [-0.2, 0) is 6.42 Å². The van der Waals surface area contributed by atoms with Gasteiger partial charge >= 0.3 is 0 Å². The van der Waals surface area contributed by atoms with Gasteiger partial charge < -0.3 is 14.3 Å². The predicted octanol–water partition coefficient (Wildman–Crippen LogP) is 10.7. The lowest BCUT2D eigenvalue weighted by Gasteiger charge is -2.08. The minimum absolute atomic E-state index is 0.245. The Morgan fingerprint density at radius 3 is 2.42 bits per heavy atom. The highest BCUT2D eigenvalue weighted by Crippen LogP contribution is 2.33. The van der Waals surface area contributed by atoms with Gasteiger partial charge in [-0.1, -0.05) is 56.0 Å². The predicted molar refractivity (Wildman–Crippen MR) is 175 cm³/mol. The molecule has 0 spiro atoms. The molecule has 7 heteroatoms. The molecular weight excluding hydrogens is 576 g/mol. The van der Waals surface area contributed by atoms with Gasteiger partial charge in [0.2, 0.25) is 5.55 Å². The number of aromatic hydroxyl groups is 1. The highest BCUT2D eigenvalue weighted by Gasteiger charge is 2.15. The molecule has 6 aromatic rings. The number of phenols is 1. The number of nitrogens with zero attached hydrogens (tertiary/aromatic N) is 2. The average molecular weight is 607 g/mol. The lowest BCUT2D eigenvalue weighted by Crippen LogP contribution is -2.05. The number of fused-ring (bicyclic) bond motifs is 1. The topological polar surface area (TPSA) is 67.9 Å². The van der Waals surface area contributed by atoms with E-state index in [1.165, 1.54) is 24.2 Å². The average Bonchev–Trinajstić information content (AvgIpc) is 3.52. The van der Waals surface area contributed by atoms with Crippen LogP contribution in [0.3, 0.4) is 0 Å². The third-order valence-corrected chi connectivity index (χ3v) is 8.30. The minimum atomic E-state index is 0.245. The summed E-state index contributed by atoms with van der Waals surface area (Å²) in [6.45, 7) is 2.20. The molecule has 0 fully saturated rings. The summed E-state index contributed by atoms with van der Waals surface area (Å²) in [5.41, 5.74) is 5.23. The summed E-state index contributed by atoms with van der Waals surface area (Å²) in [7, 11) is 0. The van der Waals surface area contributed by atoms with Crippen molar-refractivity contribution in [3.8, 4) is 39.1 Å². The maximum atomic E-state index is 10.8. The quantitative estimate of drug-likeness (QED) is 0.157. The molecule has 43 heavy (non-hydrogen) atoms. The molecule has 6 rings (SSSR count). The van der Waals surface area contributed by atoms with Crippen LogP contribution in [0.4, 0.5) is 5.69 Å². The van der Waals surface area contributed by atoms with Crippen LogP contribution in [0.15, 0.2) is 112 Å². The molecule has 0 radical (unpaired) electrons. The number of hydrogen-bond donors (Lipinski definition) is 1. The molecule has 0 saturated heterocycles. The van der Waals surface area contributed by atoms with Crippen molar-refractivity contribution in [3.05, 3.63) is 119 Å². The molecule has 2 heterocycles. The van der Waals surface area contributed by atoms with Crippen LogP contribution in [0.25, 0.3) is 32.8 Å². The lowest BCUT2D eigenvalue weighted by molar-refractivity contribution is 0.464. The third-order valence-electron chi connectivity index (χ3n) is 7.17. The van der Waals surface area contributed by atoms with E-state index in [0.29, 0.717) is 21.8 Å². The maximum absolute atomic E-state index is 10.8. The summed E-state index contributed by atoms with van der Waals surface area (Å²) < 4.78 is 12.3. The fraction of sp³-hybridized carbons (Fsp3) is 0.167. The highest BCUT2D eigenvalue weighted by molar-refractivity contribution is 7.13. The second kappa shape index (κ2) is 13.3. The number of hydrogen-bond acceptors (Lipinski definition) is 6. The van der Waals surface area contributed by atoms with Gasteiger partial charge in [0.15, 0.2) is 0 Å². The normalized spacial score (nSPS) is 11.7. The number of unbranched alkanes of at least 4 members (excludes halogenated alkanes) is 3. The van der Waals surface area contributed by atoms with Crippen molar-refractivity contribution in [2.24, 2.45) is 4.99 Å². The second-order valence-electron chi connectivity index (χ2n) is 10.4. The molecular formula is C36H31ClN2O3S. The summed E-state index contributed by atoms with van der Waals surface area (Å²) in [6, 6.07) is 30.7. The van der Waals surface area contributed by atoms with Gasteiger partial charge in [-0.05, 0) is 91.2 Å². The number of aryl methyl sites for hydroxylation is 1. The highest BCUT2D eigenvalue weighted by atomic mass is 35.5. The van der Waals surface area contributed by atoms with Crippen molar-refractivity contribution >= 4 is 39.6 Å². The van der Waals surface area contributed by atoms with Crippen molar-refractivity contribution < 1.29 is 14.3 Å². The maximum Gasteiger partial charge on any atom is 0.230 e. The van der Waals surface area contributed by atoms with E-state index in [0.717, 1.165) is 63.5 Å². The first-order valence-electron chi connectivity index (χ1n) is 14.4. The summed E-state index contributed by atoms with van der Waals surface area (Å²) in [5.74, 6) is 1.80. The van der Waals surface area contributed by atoms with Gasteiger partial charge in [-0.2, -0.15) is 0 Å². The molecule has 0 atom stereocenters. The molecule has 1 N–H and O–H groups in total. The molecule has 0 saturated carbocycles. The minimum Gasteiger partial charge on any atom is -0.508 e. The molecule has 0 aliphatic carbocycles. The van der Waals surface area contributed by atoms with Crippen LogP contribution >= 0.6 is 22.9 Å². The Bertz CT molecular complexity index is 1900. The Morgan fingerprint density at radius 1 is 0.884 bits per heavy atom. The fourth-order valence-corrected chi connectivity index (χ4v) is 5.83. The first kappa shape index (κ1) is 28.7. The lowest BCUT2D eigenvalue weighted by atomic mass is 10.0. The van der Waals surface area contributed by atoms with Crippen LogP contribution in [0, 0.1) is 0 Å². The van der Waals surface area contributed by atoms with Gasteiger partial charge in [0.1, 0.15) is 27.8 Å². The van der Waals surface area contributed by atoms with E-state index in [2.05, 4.69) is 13.0 Å². The summed E-state index contributed by atoms with van der Waals surface area (Å²) in [5, 5.41) is 15.1. The van der Waals surface area contributed by atoms with Crippen molar-refractivity contribution in [1.29, 1.82) is 0 Å². The van der Waals surface area contributed by atoms with E-state index in [1.807, 2.05) is 78.2 Å². The van der Waals surface area contributed by atoms with E-state index < -0.39 is 0 Å². The van der Waals surface area contributed by atoms with Crippen LogP contribution in [0.5, 0.6) is 17.2 Å². The zero-order valence-electron chi connectivity index (χ0n) is 23.8. The fourth-order valence-electron chi connectivity index (χ4n) is 4.87. The number of benzene rings is 4. The van der Waals surface area contributed by atoms with E-state index in [-0.39, 0.29) is 5.75 Å². The zero-order chi connectivity index (χ0) is 29.6. The number of halogens is 1. The number of rotatable bonds is 10. The molecule has 2 aromatic heterocycles. The Balaban J connectivity index is 1.36. The number of ether oxygens (including phenoxy) is 1. The number of phenolic OH excluding ortho intramolecular Hbond substituents is 1. The second-order valence-corrected chi connectivity index (χ2v) is 11.7. The standard InChI is InChI=1S/C36H31ClN2O3S/c1-2-3-4-6-9-25-20-26-21-31(35(42-34(26)22-33(25)40)38-28-16-14-27(37)15-17-28)36-39-32(23-43-36)24-12-18-30(19-13-24)41-29-10-7-5-8-11-29/h5,7-8,10-23,40H,2-4,6,9H2,1H3. The molecule has 0 bridgehead atoms. The molecule has 216 valence electrons. The van der Waals surface area contributed by atoms with Gasteiger partial charge in [0, 0.05) is 27.4 Å². The van der Waals surface area contributed by atoms with Crippen molar-refractivity contribution in [1.82, 2.24) is 4.98 Å². The number of para-hydroxylation sites is 1. The van der Waals surface area contributed by atoms with Crippen LogP contribution in [0.2, 0.25) is 5.02 Å². The van der Waals surface area contributed by atoms with Crippen LogP contribution in [0.1, 0.15) is 38.2 Å². The number of thiazole rings is 1. The Hall–Kier alpha value is -4.39. The zero-order valence-corrected chi connectivity index (χ0v) is 25.4. The smallest absolute Gasteiger partial charge is 0.230 e. The van der Waals surface area contributed by atoms with Gasteiger partial charge in [0.05, 0.1) is 16.9 Å². The molecule has 0 aliphatic heterocycles. The summed E-state index contributed by atoms with van der Waals surface area (Å²) in [6.07, 6.45) is 5.36. The van der Waals surface area contributed by atoms with E-state index in [9.17, 15) is 5.11 Å². The van der Waals surface area contributed by atoms with Gasteiger partial charge in [-0.3, -0.25) is 0 Å². The van der Waals surface area contributed by atoms with Gasteiger partial charge in [0.25, 0.3) is 0 Å². The van der Waals surface area contributed by atoms with Crippen molar-refractivity contribution in [3.63, 3.8) is 0 Å². The summed E-state index contributed by atoms with van der Waals surface area (Å²) >= 11 is 7.64. The Labute approximate surface area is 259 Å². The third kappa shape index (κ3) is 6.99. The number of aromatic nitrogens is 1. The molecule has 5 nitrogen and oxygen atoms in total. The molecule has 0 aliphatic rings. The Kier molecular flexibility index (Phi) is 8.87. The summed E-state index contributed by atoms with van der Waals surface area (Å²) in [4.78, 5) is 9.79. The van der Waals surface area contributed by atoms with Crippen LogP contribution in [-0.4, -0.2) is 10.1 Å². The monoisotopic (exact) mass is 606 g/mol. The van der Waals surface area contributed by atoms with Gasteiger partial charge in [-0.25, -0.2) is 9.98 Å². The largest absolute Gasteiger partial charge is 0.508 e. The van der Waals surface area contributed by atoms with Crippen molar-refractivity contribution in [2.75, 3.05) is 0 Å². The van der Waals surface area contributed by atoms with Gasteiger partial charge in [-0.15, -0.1) is 11.3 Å². The SMILES string of the molecule is CCCCCCc1cc2cc(-c3nc(-c4ccc(Oc5ccccc5)cc4)cs3)c(=Nc3ccc(Cl)cc3)oc2cc1O. The Morgan fingerprint density at radius 2 is 1.65 bits per heavy atom. The van der Waals surface area contributed by atoms with E-state index in [4.69, 9.17) is 30.7 Å². The van der Waals surface area contributed by atoms with Crippen molar-refractivity contribution in [2.45, 2.75) is 39.0 Å². The molecule has 0 unspecified atom stereocenters. The van der Waals surface area contributed by atoms with Crippen LogP contribution < -0.4 is 10.3 Å². The first-order valence-corrected chi connectivity index (χ1v) is 15.7. The van der Waals surface area contributed by atoms with E-state index in [1.54, 1.807) is 18.2 Å². The molecule has 0 amide bonds. The van der Waals surface area contributed by atoms with E-state index >= 15 is 0 Å².